The zero-order valence-electron chi connectivity index (χ0n) is 11.9. The van der Waals surface area contributed by atoms with Gasteiger partial charge in [0, 0.05) is 5.56 Å². The number of thiol groups is 1. The molecule has 7 nitrogen and oxygen atoms in total. The van der Waals surface area contributed by atoms with Gasteiger partial charge in [-0.15, -0.1) is 17.7 Å². The highest BCUT2D eigenvalue weighted by molar-refractivity contribution is 7.80. The molecule has 124 valence electrons. The van der Waals surface area contributed by atoms with Gasteiger partial charge >= 0.3 is 0 Å². The molecule has 3 rings (SSSR count). The highest BCUT2D eigenvalue weighted by Gasteiger charge is 2.44. The lowest BCUT2D eigenvalue weighted by Gasteiger charge is -2.40. The van der Waals surface area contributed by atoms with Crippen LogP contribution < -0.4 is 0 Å². The van der Waals surface area contributed by atoms with E-state index in [1.165, 1.54) is 16.9 Å². The van der Waals surface area contributed by atoms with Crippen molar-refractivity contribution < 1.29 is 24.4 Å². The van der Waals surface area contributed by atoms with Crippen LogP contribution in [0.25, 0.3) is 11.3 Å². The summed E-state index contributed by atoms with van der Waals surface area (Å²) in [5.41, 5.74) is -0.372. The van der Waals surface area contributed by atoms with E-state index >= 15 is 0 Å². The van der Waals surface area contributed by atoms with Crippen LogP contribution in [-0.2, 0) is 4.74 Å². The number of aromatic nitrogens is 3. The Morgan fingerprint density at radius 2 is 2.00 bits per heavy atom. The molecule has 1 aromatic heterocycles. The number of hydrogen-bond acceptors (Lipinski definition) is 7. The summed E-state index contributed by atoms with van der Waals surface area (Å²) in [5.74, 6) is -0.451. The summed E-state index contributed by atoms with van der Waals surface area (Å²) in [6.07, 6.45) is -1.87. The SMILES string of the molecule is OC[C@H]1O[C@@H](S)[C@H](O)[C@@H](n2cc(-c3ccccc3F)nn2)[C@H]1O. The van der Waals surface area contributed by atoms with E-state index in [0.717, 1.165) is 0 Å². The Bertz CT molecular complexity index is 686. The maximum absolute atomic E-state index is 13.8. The summed E-state index contributed by atoms with van der Waals surface area (Å²) in [7, 11) is 0. The number of ether oxygens (including phenoxy) is 1. The average Bonchev–Trinajstić information content (AvgIpc) is 3.01. The average molecular weight is 341 g/mol. The van der Waals surface area contributed by atoms with Crippen LogP contribution in [-0.4, -0.2) is 60.7 Å². The van der Waals surface area contributed by atoms with Gasteiger partial charge in [0.1, 0.15) is 41.3 Å². The van der Waals surface area contributed by atoms with Gasteiger partial charge in [-0.2, -0.15) is 0 Å². The minimum Gasteiger partial charge on any atom is -0.394 e. The summed E-state index contributed by atoms with van der Waals surface area (Å²) >= 11 is 4.10. The standard InChI is InChI=1S/C14H16FN3O4S/c15-8-4-2-1-3-7(8)9-5-18(17-16-9)11-12(20)10(6-19)22-14(23)13(11)21/h1-5,10-14,19-21,23H,6H2/t10-,11+,12+,13-,14+/m1/s1. The van der Waals surface area contributed by atoms with Gasteiger partial charge in [0.25, 0.3) is 0 Å². The number of benzene rings is 1. The van der Waals surface area contributed by atoms with Crippen molar-refractivity contribution in [2.75, 3.05) is 6.61 Å². The molecule has 1 fully saturated rings. The Hall–Kier alpha value is -1.52. The summed E-state index contributed by atoms with van der Waals surface area (Å²) in [6, 6.07) is 5.17. The fraction of sp³-hybridized carbons (Fsp3) is 0.429. The van der Waals surface area contributed by atoms with E-state index in [2.05, 4.69) is 22.9 Å². The normalized spacial score (nSPS) is 31.3. The second kappa shape index (κ2) is 6.54. The molecule has 2 aromatic rings. The molecule has 1 aliphatic rings. The van der Waals surface area contributed by atoms with Crippen LogP contribution in [0.1, 0.15) is 6.04 Å². The number of halogens is 1. The second-order valence-corrected chi connectivity index (χ2v) is 5.79. The summed E-state index contributed by atoms with van der Waals surface area (Å²) < 4.78 is 20.3. The van der Waals surface area contributed by atoms with Crippen molar-refractivity contribution in [2.45, 2.75) is 29.8 Å². The highest BCUT2D eigenvalue weighted by atomic mass is 32.1. The van der Waals surface area contributed by atoms with E-state index < -0.39 is 42.2 Å². The summed E-state index contributed by atoms with van der Waals surface area (Å²) in [4.78, 5) is 0. The monoisotopic (exact) mass is 341 g/mol. The van der Waals surface area contributed by atoms with Gasteiger partial charge in [0.15, 0.2) is 0 Å². The van der Waals surface area contributed by atoms with Gasteiger partial charge in [0.2, 0.25) is 0 Å². The van der Waals surface area contributed by atoms with Gasteiger partial charge in [-0.3, -0.25) is 0 Å². The van der Waals surface area contributed by atoms with E-state index in [9.17, 15) is 19.7 Å². The molecule has 0 bridgehead atoms. The Kier molecular flexibility index (Phi) is 4.64. The van der Waals surface area contributed by atoms with E-state index in [1.807, 2.05) is 0 Å². The van der Waals surface area contributed by atoms with Crippen molar-refractivity contribution >= 4 is 12.6 Å². The molecule has 0 aliphatic carbocycles. The molecule has 5 atom stereocenters. The fourth-order valence-electron chi connectivity index (χ4n) is 2.61. The zero-order chi connectivity index (χ0) is 16.6. The van der Waals surface area contributed by atoms with Gasteiger partial charge in [-0.25, -0.2) is 9.07 Å². The van der Waals surface area contributed by atoms with Crippen LogP contribution in [0.4, 0.5) is 4.39 Å². The number of aliphatic hydroxyl groups excluding tert-OH is 3. The van der Waals surface area contributed by atoms with Crippen LogP contribution in [0.2, 0.25) is 0 Å². The smallest absolute Gasteiger partial charge is 0.132 e. The molecule has 0 unspecified atom stereocenters. The molecule has 1 aromatic carbocycles. The molecule has 0 spiro atoms. The molecule has 2 heterocycles. The quantitative estimate of drug-likeness (QED) is 0.586. The van der Waals surface area contributed by atoms with E-state index in [1.54, 1.807) is 18.2 Å². The van der Waals surface area contributed by atoms with Crippen molar-refractivity contribution in [1.29, 1.82) is 0 Å². The first-order valence-electron chi connectivity index (χ1n) is 7.00. The third-order valence-corrected chi connectivity index (χ3v) is 4.26. The first kappa shape index (κ1) is 16.3. The van der Waals surface area contributed by atoms with Crippen LogP contribution in [0, 0.1) is 5.82 Å². The van der Waals surface area contributed by atoms with E-state index in [0.29, 0.717) is 0 Å². The Balaban J connectivity index is 1.94. The van der Waals surface area contributed by atoms with Crippen molar-refractivity contribution in [3.05, 3.63) is 36.3 Å². The minimum atomic E-state index is -1.21. The topological polar surface area (TPSA) is 101 Å². The van der Waals surface area contributed by atoms with Crippen LogP contribution in [0.5, 0.6) is 0 Å². The molecule has 0 radical (unpaired) electrons. The summed E-state index contributed by atoms with van der Waals surface area (Å²) in [5, 5.41) is 37.5. The Labute approximate surface area is 136 Å². The Morgan fingerprint density at radius 3 is 2.70 bits per heavy atom. The van der Waals surface area contributed by atoms with Crippen molar-refractivity contribution in [2.24, 2.45) is 0 Å². The number of nitrogens with zero attached hydrogens (tertiary/aromatic N) is 3. The summed E-state index contributed by atoms with van der Waals surface area (Å²) in [6.45, 7) is -0.434. The molecule has 3 N–H and O–H groups in total. The maximum Gasteiger partial charge on any atom is 0.132 e. The lowest BCUT2D eigenvalue weighted by molar-refractivity contribution is -0.178. The van der Waals surface area contributed by atoms with Crippen LogP contribution >= 0.6 is 12.6 Å². The third-order valence-electron chi connectivity index (χ3n) is 3.83. The number of hydrogen-bond donors (Lipinski definition) is 4. The van der Waals surface area contributed by atoms with Crippen LogP contribution in [0.3, 0.4) is 0 Å². The predicted octanol–water partition coefficient (Wildman–Crippen LogP) is -0.00590. The largest absolute Gasteiger partial charge is 0.394 e. The first-order chi connectivity index (χ1) is 11.0. The maximum atomic E-state index is 13.8. The van der Waals surface area contributed by atoms with Crippen LogP contribution in [0.15, 0.2) is 30.5 Å². The van der Waals surface area contributed by atoms with Crippen molar-refractivity contribution in [3.63, 3.8) is 0 Å². The van der Waals surface area contributed by atoms with E-state index in [-0.39, 0.29) is 11.3 Å². The van der Waals surface area contributed by atoms with Crippen molar-refractivity contribution in [3.8, 4) is 11.3 Å². The second-order valence-electron chi connectivity index (χ2n) is 5.28. The first-order valence-corrected chi connectivity index (χ1v) is 7.52. The highest BCUT2D eigenvalue weighted by Crippen LogP contribution is 2.32. The van der Waals surface area contributed by atoms with Crippen molar-refractivity contribution in [1.82, 2.24) is 15.0 Å². The third kappa shape index (κ3) is 2.98. The van der Waals surface area contributed by atoms with Gasteiger partial charge in [-0.05, 0) is 12.1 Å². The molecule has 9 heteroatoms. The minimum absolute atomic E-state index is 0.260. The molecule has 1 saturated heterocycles. The lowest BCUT2D eigenvalue weighted by Crippen LogP contribution is -2.54. The molecule has 1 aliphatic heterocycles. The molecular weight excluding hydrogens is 325 g/mol. The molecular formula is C14H16FN3O4S. The number of aliphatic hydroxyl groups is 3. The molecule has 23 heavy (non-hydrogen) atoms. The van der Waals surface area contributed by atoms with Gasteiger partial charge < -0.3 is 20.1 Å². The van der Waals surface area contributed by atoms with Gasteiger partial charge in [-0.1, -0.05) is 17.3 Å². The molecule has 0 saturated carbocycles. The number of rotatable bonds is 3. The Morgan fingerprint density at radius 1 is 1.26 bits per heavy atom. The lowest BCUT2D eigenvalue weighted by atomic mass is 9.97. The predicted molar refractivity (Wildman–Crippen MR) is 81.2 cm³/mol. The zero-order valence-corrected chi connectivity index (χ0v) is 12.8. The van der Waals surface area contributed by atoms with E-state index in [4.69, 9.17) is 4.74 Å². The van der Waals surface area contributed by atoms with Gasteiger partial charge in [0.05, 0.1) is 12.8 Å². The fourth-order valence-corrected chi connectivity index (χ4v) is 2.94. The molecule has 0 amide bonds.